The highest BCUT2D eigenvalue weighted by molar-refractivity contribution is 5.65. The van der Waals surface area contributed by atoms with E-state index in [0.717, 1.165) is 0 Å². The van der Waals surface area contributed by atoms with Crippen LogP contribution >= 0.6 is 0 Å². The lowest BCUT2D eigenvalue weighted by Gasteiger charge is -2.06. The van der Waals surface area contributed by atoms with E-state index in [1.807, 2.05) is 0 Å². The van der Waals surface area contributed by atoms with Crippen molar-refractivity contribution in [3.63, 3.8) is 0 Å². The predicted octanol–water partition coefficient (Wildman–Crippen LogP) is 2.21. The summed E-state index contributed by atoms with van der Waals surface area (Å²) in [6.45, 7) is 3.13. The van der Waals surface area contributed by atoms with Crippen molar-refractivity contribution in [1.29, 1.82) is 0 Å². The summed E-state index contributed by atoms with van der Waals surface area (Å²) in [6, 6.07) is 0.531. The van der Waals surface area contributed by atoms with Crippen molar-refractivity contribution in [2.45, 2.75) is 0 Å². The molecule has 14 heavy (non-hydrogen) atoms. The van der Waals surface area contributed by atoms with Crippen LogP contribution in [0.1, 0.15) is 5.56 Å². The molecule has 2 N–H and O–H groups in total. The average Bonchev–Trinajstić information content (AvgIpc) is 2.19. The maximum absolute atomic E-state index is 13.0. The summed E-state index contributed by atoms with van der Waals surface area (Å²) in [5.74, 6) is -6.63. The lowest BCUT2D eigenvalue weighted by Crippen LogP contribution is -2.06. The molecule has 1 rings (SSSR count). The zero-order chi connectivity index (χ0) is 10.9. The second-order valence-corrected chi connectivity index (χ2v) is 2.66. The molecule has 0 radical (unpaired) electrons. The molecule has 1 aromatic carbocycles. The Morgan fingerprint density at radius 3 is 2.21 bits per heavy atom. The van der Waals surface area contributed by atoms with Crippen molar-refractivity contribution in [3.05, 3.63) is 41.5 Å². The predicted molar refractivity (Wildman–Crippen MR) is 44.4 cm³/mol. The number of benzene rings is 1. The van der Waals surface area contributed by atoms with Crippen LogP contribution in [0.5, 0.6) is 0 Å². The molecule has 0 fully saturated rings. The Bertz CT molecular complexity index is 387. The molecule has 0 aliphatic carbocycles. The quantitative estimate of drug-likeness (QED) is 0.447. The van der Waals surface area contributed by atoms with Gasteiger partial charge in [-0.3, -0.25) is 0 Å². The van der Waals surface area contributed by atoms with Gasteiger partial charge >= 0.3 is 0 Å². The molecule has 0 heterocycles. The van der Waals surface area contributed by atoms with Gasteiger partial charge < -0.3 is 5.73 Å². The number of nitrogens with two attached hydrogens (primary N) is 1. The average molecular weight is 205 g/mol. The van der Waals surface area contributed by atoms with Crippen molar-refractivity contribution in [2.75, 3.05) is 6.54 Å². The molecule has 1 aromatic rings. The molecule has 0 aliphatic rings. The van der Waals surface area contributed by atoms with E-state index in [4.69, 9.17) is 5.73 Å². The van der Waals surface area contributed by atoms with Gasteiger partial charge in [0.05, 0.1) is 0 Å². The second-order valence-electron chi connectivity index (χ2n) is 2.66. The largest absolute Gasteiger partial charge is 0.326 e. The first-order valence-electron chi connectivity index (χ1n) is 3.70. The molecule has 0 spiro atoms. The van der Waals surface area contributed by atoms with Gasteiger partial charge in [0.25, 0.3) is 0 Å². The highest BCUT2D eigenvalue weighted by Gasteiger charge is 2.19. The Labute approximate surface area is 77.8 Å². The Morgan fingerprint density at radius 1 is 1.14 bits per heavy atom. The Hall–Kier alpha value is -1.36. The molecule has 0 bridgehead atoms. The number of hydrogen-bond acceptors (Lipinski definition) is 1. The van der Waals surface area contributed by atoms with Crippen LogP contribution in [-0.4, -0.2) is 6.54 Å². The molecule has 0 saturated carbocycles. The van der Waals surface area contributed by atoms with E-state index in [0.29, 0.717) is 6.07 Å². The SMILES string of the molecule is C=C(CN)c1cc(F)c(F)c(F)c1F. The summed E-state index contributed by atoms with van der Waals surface area (Å²) >= 11 is 0. The molecule has 76 valence electrons. The Balaban J connectivity index is 3.40. The lowest BCUT2D eigenvalue weighted by molar-refractivity contribution is 0.407. The van der Waals surface area contributed by atoms with E-state index in [1.54, 1.807) is 0 Å². The van der Waals surface area contributed by atoms with E-state index in [-0.39, 0.29) is 12.1 Å². The minimum atomic E-state index is -1.85. The number of hydrogen-bond donors (Lipinski definition) is 1. The first-order chi connectivity index (χ1) is 6.49. The van der Waals surface area contributed by atoms with Crippen LogP contribution in [0.2, 0.25) is 0 Å². The Kier molecular flexibility index (Phi) is 2.90. The smallest absolute Gasteiger partial charge is 0.198 e. The van der Waals surface area contributed by atoms with Gasteiger partial charge in [-0.25, -0.2) is 17.6 Å². The monoisotopic (exact) mass is 205 g/mol. The van der Waals surface area contributed by atoms with Crippen LogP contribution in [0.15, 0.2) is 12.6 Å². The molecule has 0 amide bonds. The van der Waals surface area contributed by atoms with Gasteiger partial charge in [-0.2, -0.15) is 0 Å². The zero-order valence-electron chi connectivity index (χ0n) is 7.08. The summed E-state index contributed by atoms with van der Waals surface area (Å²) in [7, 11) is 0. The highest BCUT2D eigenvalue weighted by Crippen LogP contribution is 2.22. The van der Waals surface area contributed by atoms with Crippen molar-refractivity contribution in [1.82, 2.24) is 0 Å². The van der Waals surface area contributed by atoms with Crippen molar-refractivity contribution >= 4 is 5.57 Å². The second kappa shape index (κ2) is 3.79. The number of halogens is 4. The van der Waals surface area contributed by atoms with E-state index in [2.05, 4.69) is 6.58 Å². The van der Waals surface area contributed by atoms with Gasteiger partial charge in [-0.15, -0.1) is 0 Å². The van der Waals surface area contributed by atoms with Gasteiger partial charge in [0, 0.05) is 12.1 Å². The molecule has 0 unspecified atom stereocenters. The maximum atomic E-state index is 13.0. The van der Waals surface area contributed by atoms with Crippen LogP contribution in [0, 0.1) is 23.3 Å². The van der Waals surface area contributed by atoms with Gasteiger partial charge in [-0.05, 0) is 11.6 Å². The fourth-order valence-electron chi connectivity index (χ4n) is 0.940. The van der Waals surface area contributed by atoms with E-state index in [1.165, 1.54) is 0 Å². The summed E-state index contributed by atoms with van der Waals surface area (Å²) in [6.07, 6.45) is 0. The van der Waals surface area contributed by atoms with Crippen LogP contribution < -0.4 is 5.73 Å². The standard InChI is InChI=1S/C9H7F4N/c1-4(3-14)5-2-6(10)8(12)9(13)7(5)11/h2H,1,3,14H2. The van der Waals surface area contributed by atoms with E-state index in [9.17, 15) is 17.6 Å². The normalized spacial score (nSPS) is 10.4. The summed E-state index contributed by atoms with van der Waals surface area (Å²) in [5, 5.41) is 0. The third kappa shape index (κ3) is 1.63. The third-order valence-corrected chi connectivity index (χ3v) is 1.73. The molecule has 1 nitrogen and oxygen atoms in total. The first kappa shape index (κ1) is 10.7. The van der Waals surface area contributed by atoms with Gasteiger partial charge in [0.1, 0.15) is 0 Å². The molecular formula is C9H7F4N. The third-order valence-electron chi connectivity index (χ3n) is 1.73. The fraction of sp³-hybridized carbons (Fsp3) is 0.111. The van der Waals surface area contributed by atoms with Crippen LogP contribution in [0.3, 0.4) is 0 Å². The van der Waals surface area contributed by atoms with Crippen LogP contribution in [-0.2, 0) is 0 Å². The van der Waals surface area contributed by atoms with E-state index >= 15 is 0 Å². The summed E-state index contributed by atoms with van der Waals surface area (Å²) in [4.78, 5) is 0. The molecular weight excluding hydrogens is 198 g/mol. The lowest BCUT2D eigenvalue weighted by atomic mass is 10.1. The molecule has 5 heteroatoms. The fourth-order valence-corrected chi connectivity index (χ4v) is 0.940. The van der Waals surface area contributed by atoms with Crippen LogP contribution in [0.25, 0.3) is 5.57 Å². The van der Waals surface area contributed by atoms with Gasteiger partial charge in [0.2, 0.25) is 0 Å². The summed E-state index contributed by atoms with van der Waals surface area (Å²) in [5.41, 5.74) is 4.67. The molecule has 0 saturated heterocycles. The zero-order valence-corrected chi connectivity index (χ0v) is 7.08. The minimum Gasteiger partial charge on any atom is -0.326 e. The van der Waals surface area contributed by atoms with Crippen molar-refractivity contribution in [2.24, 2.45) is 5.73 Å². The number of rotatable bonds is 2. The Morgan fingerprint density at radius 2 is 1.71 bits per heavy atom. The molecule has 0 aromatic heterocycles. The highest BCUT2D eigenvalue weighted by atomic mass is 19.2. The van der Waals surface area contributed by atoms with Crippen molar-refractivity contribution < 1.29 is 17.6 Å². The topological polar surface area (TPSA) is 26.0 Å². The molecule has 0 atom stereocenters. The first-order valence-corrected chi connectivity index (χ1v) is 3.70. The molecule has 0 aliphatic heterocycles. The van der Waals surface area contributed by atoms with E-state index < -0.39 is 28.8 Å². The summed E-state index contributed by atoms with van der Waals surface area (Å²) < 4.78 is 50.8. The van der Waals surface area contributed by atoms with Gasteiger partial charge in [0.15, 0.2) is 23.3 Å². The maximum Gasteiger partial charge on any atom is 0.198 e. The van der Waals surface area contributed by atoms with Gasteiger partial charge in [-0.1, -0.05) is 6.58 Å². The minimum absolute atomic E-state index is 0.000278. The van der Waals surface area contributed by atoms with Crippen LogP contribution in [0.4, 0.5) is 17.6 Å². The van der Waals surface area contributed by atoms with Crippen molar-refractivity contribution in [3.8, 4) is 0 Å².